The average Bonchev–Trinajstić information content (AvgIpc) is 3.54. The molecular weight excluding hydrogens is 526 g/mol. The Morgan fingerprint density at radius 1 is 0.727 bits per heavy atom. The predicted octanol–water partition coefficient (Wildman–Crippen LogP) is 5.02. The molecule has 13 nitrogen and oxygen atoms in total. The second kappa shape index (κ2) is 18.7. The summed E-state index contributed by atoms with van der Waals surface area (Å²) >= 11 is 0. The molecule has 2 heterocycles. The van der Waals surface area contributed by atoms with Crippen LogP contribution in [-0.4, -0.2) is 37.2 Å². The van der Waals surface area contributed by atoms with Crippen LogP contribution in [-0.2, 0) is 22.4 Å². The van der Waals surface area contributed by atoms with E-state index in [-0.39, 0.29) is 22.4 Å². The van der Waals surface area contributed by atoms with Crippen molar-refractivity contribution in [3.63, 3.8) is 0 Å². The molecule has 33 heavy (non-hydrogen) atoms. The van der Waals surface area contributed by atoms with Crippen LogP contribution in [0.3, 0.4) is 0 Å². The minimum absolute atomic E-state index is 0. The van der Waals surface area contributed by atoms with Crippen LogP contribution >= 0.6 is 0 Å². The number of nitrogens with one attached hydrogen (secondary N) is 2. The Bertz CT molecular complexity index is 946. The van der Waals surface area contributed by atoms with Gasteiger partial charge in [-0.15, -0.1) is 20.5 Å². The third kappa shape index (κ3) is 14.6. The van der Waals surface area contributed by atoms with E-state index < -0.39 is 5.09 Å². The number of imidazole rings is 2. The van der Waals surface area contributed by atoms with Crippen LogP contribution in [0.15, 0.2) is 106 Å². The molecule has 0 fully saturated rings. The largest absolute Gasteiger partial charge is 1.00 e. The zero-order valence-electron chi connectivity index (χ0n) is 17.2. The van der Waals surface area contributed by atoms with Crippen molar-refractivity contribution in [2.75, 3.05) is 7.11 Å². The number of aromatic nitrogens is 4. The number of aliphatic hydroxyl groups is 1. The molecule has 0 unspecified atom stereocenters. The number of benzene rings is 2. The first-order valence-corrected chi connectivity index (χ1v) is 8.82. The van der Waals surface area contributed by atoms with Crippen LogP contribution in [0.1, 0.15) is 0 Å². The third-order valence-corrected chi connectivity index (χ3v) is 3.00. The van der Waals surface area contributed by atoms with Gasteiger partial charge >= 0.3 is 22.4 Å². The number of H-pyrrole nitrogens is 2. The van der Waals surface area contributed by atoms with Crippen molar-refractivity contribution in [1.29, 1.82) is 0 Å². The van der Waals surface area contributed by atoms with Crippen molar-refractivity contribution < 1.29 is 32.6 Å². The molecule has 0 amide bonds. The van der Waals surface area contributed by atoms with E-state index in [2.05, 4.69) is 40.4 Å². The van der Waals surface area contributed by atoms with E-state index in [0.29, 0.717) is 11.9 Å². The van der Waals surface area contributed by atoms with Crippen LogP contribution in [0.2, 0.25) is 0 Å². The summed E-state index contributed by atoms with van der Waals surface area (Å²) < 4.78 is 0. The summed E-state index contributed by atoms with van der Waals surface area (Å²) in [5.41, 5.74) is 1.64. The summed E-state index contributed by atoms with van der Waals surface area (Å²) in [6.07, 6.45) is 6.69. The molecular formula is C19H20AgN9O4. The second-order valence-electron chi connectivity index (χ2n) is 5.12. The Morgan fingerprint density at radius 2 is 1.06 bits per heavy atom. The molecule has 14 heteroatoms. The first-order chi connectivity index (χ1) is 15.6. The fraction of sp³-hybridized carbons (Fsp3) is 0.0526. The Morgan fingerprint density at radius 3 is 1.33 bits per heavy atom. The average molecular weight is 546 g/mol. The second-order valence-corrected chi connectivity index (χ2v) is 5.12. The first-order valence-electron chi connectivity index (χ1n) is 8.82. The van der Waals surface area contributed by atoms with E-state index in [1.54, 1.807) is 24.8 Å². The van der Waals surface area contributed by atoms with Crippen LogP contribution in [0, 0.1) is 15.3 Å². The van der Waals surface area contributed by atoms with Crippen molar-refractivity contribution >= 4 is 23.3 Å². The Hall–Kier alpha value is -4.04. The molecule has 3 N–H and O–H groups in total. The smallest absolute Gasteiger partial charge is 0.400 e. The van der Waals surface area contributed by atoms with Gasteiger partial charge in [-0.1, -0.05) is 36.4 Å². The Balaban J connectivity index is 0.000000491. The van der Waals surface area contributed by atoms with Crippen LogP contribution in [0.4, 0.5) is 23.3 Å². The van der Waals surface area contributed by atoms with Crippen molar-refractivity contribution in [1.82, 2.24) is 19.9 Å². The monoisotopic (exact) mass is 545 g/mol. The summed E-state index contributed by atoms with van der Waals surface area (Å²) in [6.45, 7) is 0. The zero-order valence-corrected chi connectivity index (χ0v) is 18.7. The number of aromatic amines is 2. The van der Waals surface area contributed by atoms with E-state index in [1.165, 1.54) is 0 Å². The van der Waals surface area contributed by atoms with Crippen molar-refractivity contribution in [3.05, 3.63) is 101 Å². The first kappa shape index (κ1) is 29.0. The fourth-order valence-electron chi connectivity index (χ4n) is 1.82. The number of rotatable bonds is 4. The molecule has 0 aliphatic heterocycles. The van der Waals surface area contributed by atoms with Gasteiger partial charge in [0.2, 0.25) is 11.9 Å². The molecule has 0 saturated heterocycles. The fourth-order valence-corrected chi connectivity index (χ4v) is 1.82. The molecule has 2 aromatic carbocycles. The van der Waals surface area contributed by atoms with Gasteiger partial charge in [0.1, 0.15) is 0 Å². The molecule has 0 saturated carbocycles. The summed E-state index contributed by atoms with van der Waals surface area (Å²) in [4.78, 5) is 21.8. The molecule has 0 atom stereocenters. The van der Waals surface area contributed by atoms with Crippen LogP contribution < -0.4 is 0 Å². The van der Waals surface area contributed by atoms with Gasteiger partial charge in [0.25, 0.3) is 0 Å². The van der Waals surface area contributed by atoms with E-state index in [4.69, 9.17) is 20.4 Å². The summed E-state index contributed by atoms with van der Waals surface area (Å²) in [5.74, 6) is 1.03. The van der Waals surface area contributed by atoms with Gasteiger partial charge < -0.3 is 30.4 Å². The van der Waals surface area contributed by atoms with Crippen molar-refractivity contribution in [2.24, 2.45) is 20.5 Å². The quantitative estimate of drug-likeness (QED) is 0.139. The number of aliphatic hydroxyl groups excluding tert-OH is 1. The van der Waals surface area contributed by atoms with Crippen LogP contribution in [0.25, 0.3) is 0 Å². The predicted molar refractivity (Wildman–Crippen MR) is 117 cm³/mol. The maximum atomic E-state index is 8.25. The van der Waals surface area contributed by atoms with E-state index in [1.807, 2.05) is 60.7 Å². The van der Waals surface area contributed by atoms with Gasteiger partial charge in [-0.2, -0.15) is 0 Å². The van der Waals surface area contributed by atoms with E-state index in [0.717, 1.165) is 18.5 Å². The molecule has 0 radical (unpaired) electrons. The minimum atomic E-state index is -1.75. The van der Waals surface area contributed by atoms with Gasteiger partial charge in [-0.3, -0.25) is 0 Å². The van der Waals surface area contributed by atoms with E-state index in [9.17, 15) is 0 Å². The maximum absolute atomic E-state index is 8.25. The third-order valence-electron chi connectivity index (χ3n) is 3.00. The minimum Gasteiger partial charge on any atom is -0.400 e. The molecule has 176 valence electrons. The molecule has 4 aromatic rings. The van der Waals surface area contributed by atoms with Gasteiger partial charge in [-0.05, 0) is 24.3 Å². The zero-order chi connectivity index (χ0) is 23.4. The summed E-state index contributed by atoms with van der Waals surface area (Å²) in [5, 5.41) is 37.5. The van der Waals surface area contributed by atoms with Crippen LogP contribution in [0.5, 0.6) is 0 Å². The molecule has 0 aliphatic rings. The number of azo groups is 2. The van der Waals surface area contributed by atoms with E-state index >= 15 is 0 Å². The van der Waals surface area contributed by atoms with Gasteiger partial charge in [0.15, 0.2) is 0 Å². The van der Waals surface area contributed by atoms with Crippen molar-refractivity contribution in [2.45, 2.75) is 0 Å². The molecule has 0 bridgehead atoms. The normalized spacial score (nSPS) is 9.39. The Kier molecular flexibility index (Phi) is 16.4. The topological polar surface area (TPSA) is 193 Å². The molecule has 0 aliphatic carbocycles. The van der Waals surface area contributed by atoms with Gasteiger partial charge in [0, 0.05) is 31.9 Å². The molecule has 2 aromatic heterocycles. The number of hydrogen-bond acceptors (Lipinski definition) is 10. The summed E-state index contributed by atoms with van der Waals surface area (Å²) in [7, 11) is 1.00. The van der Waals surface area contributed by atoms with Gasteiger partial charge in [-0.25, -0.2) is 9.97 Å². The number of hydrogen-bond donors (Lipinski definition) is 3. The number of nitrogens with zero attached hydrogens (tertiary/aromatic N) is 7. The SMILES string of the molecule is CO.O=[N+]([O-])[O-].[Ag+].c1ccc(N=Nc2ncc[nH]2)cc1.c1ccc(N=Nc2ncc[nH]2)cc1. The Labute approximate surface area is 204 Å². The maximum Gasteiger partial charge on any atom is 1.00 e. The molecule has 0 spiro atoms. The molecule has 4 rings (SSSR count). The standard InChI is InChI=1S/2C9H8N4.CH4O.Ag.NO3/c2*1-2-4-8(5-3-1)12-13-9-10-6-7-11-9;1-2;;2-1(3)4/h2*1-7H,(H,10,11);2H,1H3;;/q;;;+1;-1. The summed E-state index contributed by atoms with van der Waals surface area (Å²) in [6, 6.07) is 19.1. The van der Waals surface area contributed by atoms with Gasteiger partial charge in [0.05, 0.1) is 16.5 Å². The van der Waals surface area contributed by atoms with Crippen molar-refractivity contribution in [3.8, 4) is 0 Å².